The summed E-state index contributed by atoms with van der Waals surface area (Å²) in [6.45, 7) is 3.46. The molecule has 14 heteroatoms. The average Bonchev–Trinajstić information content (AvgIpc) is 3.27. The maximum absolute atomic E-state index is 13.6. The van der Waals surface area contributed by atoms with E-state index >= 15 is 0 Å². The SMILES string of the molecule is CSc1ccc2nc(N(CCN3CCOCC3)C(=O)c3cc([N+](=O)[O-])cc([N+](=O)[O-])c3)sc2c1.Cl. The number of nitro groups is 2. The summed E-state index contributed by atoms with van der Waals surface area (Å²) in [7, 11) is 0. The zero-order valence-corrected chi connectivity index (χ0v) is 21.1. The van der Waals surface area contributed by atoms with Crippen LogP contribution in [-0.2, 0) is 4.74 Å². The second-order valence-corrected chi connectivity index (χ2v) is 9.38. The molecule has 4 rings (SSSR count). The molecule has 0 bridgehead atoms. The van der Waals surface area contributed by atoms with E-state index in [1.165, 1.54) is 16.2 Å². The first-order chi connectivity index (χ1) is 16.4. The van der Waals surface area contributed by atoms with Crippen molar-refractivity contribution >= 4 is 68.1 Å². The number of halogens is 1. The number of nitro benzene ring substituents is 2. The molecule has 0 aliphatic carbocycles. The number of fused-ring (bicyclic) bond motifs is 1. The molecule has 0 saturated carbocycles. The zero-order valence-electron chi connectivity index (χ0n) is 18.6. The second kappa shape index (κ2) is 11.7. The first-order valence-electron chi connectivity index (χ1n) is 10.4. The number of anilines is 1. The van der Waals surface area contributed by atoms with Crippen LogP contribution in [0.2, 0.25) is 0 Å². The van der Waals surface area contributed by atoms with Crippen LogP contribution in [0, 0.1) is 20.2 Å². The van der Waals surface area contributed by atoms with Crippen molar-refractivity contribution in [2.45, 2.75) is 4.90 Å². The molecule has 0 radical (unpaired) electrons. The molecule has 1 aliphatic rings. The molecular weight excluding hydrogens is 518 g/mol. The number of aromatic nitrogens is 1. The Hall–Kier alpha value is -2.84. The molecule has 2 heterocycles. The molecule has 0 spiro atoms. The number of hydrogen-bond acceptors (Lipinski definition) is 10. The molecule has 0 N–H and O–H groups in total. The second-order valence-electron chi connectivity index (χ2n) is 7.49. The summed E-state index contributed by atoms with van der Waals surface area (Å²) in [6.07, 6.45) is 1.97. The number of thioether (sulfide) groups is 1. The number of carbonyl (C=O) groups excluding carboxylic acids is 1. The van der Waals surface area contributed by atoms with Crippen LogP contribution in [0.1, 0.15) is 10.4 Å². The van der Waals surface area contributed by atoms with E-state index in [1.807, 2.05) is 24.5 Å². The molecule has 1 saturated heterocycles. The van der Waals surface area contributed by atoms with E-state index in [2.05, 4.69) is 9.88 Å². The summed E-state index contributed by atoms with van der Waals surface area (Å²) >= 11 is 2.93. The molecule has 1 aromatic heterocycles. The number of thiazole rings is 1. The number of rotatable bonds is 8. The number of morpholine rings is 1. The highest BCUT2D eigenvalue weighted by Crippen LogP contribution is 2.33. The number of amides is 1. The first kappa shape index (κ1) is 26.8. The summed E-state index contributed by atoms with van der Waals surface area (Å²) in [5, 5.41) is 23.1. The fraction of sp³-hybridized carbons (Fsp3) is 0.333. The minimum atomic E-state index is -0.747. The van der Waals surface area contributed by atoms with Crippen molar-refractivity contribution in [2.24, 2.45) is 0 Å². The van der Waals surface area contributed by atoms with Crippen LogP contribution < -0.4 is 4.90 Å². The maximum atomic E-state index is 13.6. The molecule has 2 aromatic carbocycles. The number of carbonyl (C=O) groups is 1. The number of hydrogen-bond donors (Lipinski definition) is 0. The highest BCUT2D eigenvalue weighted by molar-refractivity contribution is 7.98. The van der Waals surface area contributed by atoms with E-state index in [9.17, 15) is 25.0 Å². The van der Waals surface area contributed by atoms with Gasteiger partial charge in [0, 0.05) is 43.2 Å². The van der Waals surface area contributed by atoms with Crippen molar-refractivity contribution in [1.82, 2.24) is 9.88 Å². The maximum Gasteiger partial charge on any atom is 0.277 e. The minimum absolute atomic E-state index is 0. The Morgan fingerprint density at radius 2 is 1.80 bits per heavy atom. The predicted molar refractivity (Wildman–Crippen MR) is 137 cm³/mol. The van der Waals surface area contributed by atoms with Crippen LogP contribution in [0.4, 0.5) is 16.5 Å². The molecule has 1 aliphatic heterocycles. The quantitative estimate of drug-likeness (QED) is 0.234. The summed E-state index contributed by atoms with van der Waals surface area (Å²) in [5.74, 6) is -0.579. The van der Waals surface area contributed by atoms with E-state index in [0.717, 1.165) is 46.4 Å². The van der Waals surface area contributed by atoms with Crippen molar-refractivity contribution in [3.8, 4) is 0 Å². The van der Waals surface area contributed by atoms with Gasteiger partial charge >= 0.3 is 0 Å². The smallest absolute Gasteiger partial charge is 0.277 e. The normalized spacial score (nSPS) is 13.9. The van der Waals surface area contributed by atoms with Gasteiger partial charge < -0.3 is 4.74 Å². The summed E-state index contributed by atoms with van der Waals surface area (Å²) in [6, 6.07) is 8.79. The molecule has 186 valence electrons. The van der Waals surface area contributed by atoms with E-state index in [0.29, 0.717) is 24.9 Å². The third-order valence-electron chi connectivity index (χ3n) is 5.38. The summed E-state index contributed by atoms with van der Waals surface area (Å²) in [4.78, 5) is 44.0. The van der Waals surface area contributed by atoms with Crippen LogP contribution in [0.3, 0.4) is 0 Å². The first-order valence-corrected chi connectivity index (χ1v) is 12.4. The van der Waals surface area contributed by atoms with Gasteiger partial charge in [-0.2, -0.15) is 0 Å². The topological polar surface area (TPSA) is 132 Å². The summed E-state index contributed by atoms with van der Waals surface area (Å²) in [5.41, 5.74) is -0.432. The number of benzene rings is 2. The monoisotopic (exact) mass is 539 g/mol. The zero-order chi connectivity index (χ0) is 24.2. The van der Waals surface area contributed by atoms with Gasteiger partial charge in [-0.1, -0.05) is 11.3 Å². The van der Waals surface area contributed by atoms with Gasteiger partial charge in [-0.25, -0.2) is 4.98 Å². The lowest BCUT2D eigenvalue weighted by Gasteiger charge is -2.29. The van der Waals surface area contributed by atoms with Crippen LogP contribution >= 0.6 is 35.5 Å². The van der Waals surface area contributed by atoms with Crippen LogP contribution in [0.5, 0.6) is 0 Å². The van der Waals surface area contributed by atoms with Crippen molar-refractivity contribution in [1.29, 1.82) is 0 Å². The fourth-order valence-corrected chi connectivity index (χ4v) is 5.11. The third kappa shape index (κ3) is 6.24. The van der Waals surface area contributed by atoms with Crippen molar-refractivity contribution in [3.05, 3.63) is 62.2 Å². The Kier molecular flexibility index (Phi) is 8.97. The third-order valence-corrected chi connectivity index (χ3v) is 7.14. The van der Waals surface area contributed by atoms with Gasteiger partial charge in [0.25, 0.3) is 17.3 Å². The molecule has 1 fully saturated rings. The van der Waals surface area contributed by atoms with Gasteiger partial charge in [0.15, 0.2) is 5.13 Å². The van der Waals surface area contributed by atoms with Crippen LogP contribution in [0.25, 0.3) is 10.2 Å². The van der Waals surface area contributed by atoms with Gasteiger partial charge in [-0.3, -0.25) is 34.8 Å². The molecule has 11 nitrogen and oxygen atoms in total. The summed E-state index contributed by atoms with van der Waals surface area (Å²) < 4.78 is 6.28. The van der Waals surface area contributed by atoms with Crippen molar-refractivity contribution < 1.29 is 19.4 Å². The fourth-order valence-electron chi connectivity index (χ4n) is 3.57. The van der Waals surface area contributed by atoms with Crippen LogP contribution in [0.15, 0.2) is 41.3 Å². The van der Waals surface area contributed by atoms with Crippen molar-refractivity contribution in [3.63, 3.8) is 0 Å². The Balaban J connectivity index is 0.00000342. The van der Waals surface area contributed by atoms with Crippen molar-refractivity contribution in [2.75, 3.05) is 50.5 Å². The lowest BCUT2D eigenvalue weighted by Crippen LogP contribution is -2.43. The standard InChI is InChI=1S/C21H21N5O6S2.ClH/c1-33-17-2-3-18-19(13-17)34-21(22-18)24(5-4-23-6-8-32-9-7-23)20(27)14-10-15(25(28)29)12-16(11-14)26(30)31;/h2-3,10-13H,4-9H2,1H3;1H. The van der Waals surface area contributed by atoms with Crippen LogP contribution in [-0.4, -0.2) is 71.3 Å². The van der Waals surface area contributed by atoms with Gasteiger partial charge in [-0.05, 0) is 24.5 Å². The Bertz CT molecular complexity index is 1220. The molecule has 0 unspecified atom stereocenters. The minimum Gasteiger partial charge on any atom is -0.379 e. The average molecular weight is 540 g/mol. The largest absolute Gasteiger partial charge is 0.379 e. The van der Waals surface area contributed by atoms with E-state index in [-0.39, 0.29) is 24.5 Å². The highest BCUT2D eigenvalue weighted by atomic mass is 35.5. The molecule has 1 amide bonds. The Morgan fingerprint density at radius 1 is 1.14 bits per heavy atom. The van der Waals surface area contributed by atoms with Gasteiger partial charge in [0.05, 0.1) is 44.9 Å². The van der Waals surface area contributed by atoms with Gasteiger partial charge in [0.1, 0.15) is 0 Å². The lowest BCUT2D eigenvalue weighted by molar-refractivity contribution is -0.394. The Labute approximate surface area is 214 Å². The van der Waals surface area contributed by atoms with E-state index < -0.39 is 27.1 Å². The van der Waals surface area contributed by atoms with E-state index in [1.54, 1.807) is 11.8 Å². The van der Waals surface area contributed by atoms with Gasteiger partial charge in [-0.15, -0.1) is 24.2 Å². The molecule has 0 atom stereocenters. The number of non-ortho nitro benzene ring substituents is 2. The highest BCUT2D eigenvalue weighted by Gasteiger charge is 2.27. The predicted octanol–water partition coefficient (Wildman–Crippen LogP) is 4.24. The number of ether oxygens (including phenoxy) is 1. The molecule has 35 heavy (non-hydrogen) atoms. The number of nitrogens with zero attached hydrogens (tertiary/aromatic N) is 5. The molecular formula is C21H22ClN5O6S2. The Morgan fingerprint density at radius 3 is 2.40 bits per heavy atom. The lowest BCUT2D eigenvalue weighted by atomic mass is 10.1. The molecule has 3 aromatic rings. The van der Waals surface area contributed by atoms with E-state index in [4.69, 9.17) is 4.74 Å². The van der Waals surface area contributed by atoms with Gasteiger partial charge in [0.2, 0.25) is 0 Å².